The van der Waals surface area contributed by atoms with Crippen molar-refractivity contribution in [1.82, 2.24) is 10.2 Å². The van der Waals surface area contributed by atoms with Crippen LogP contribution in [0.1, 0.15) is 18.4 Å². The van der Waals surface area contributed by atoms with E-state index in [-0.39, 0.29) is 24.9 Å². The number of nitrogens with zero attached hydrogens (tertiary/aromatic N) is 1. The highest BCUT2D eigenvalue weighted by Crippen LogP contribution is 2.24. The number of hydrogen-bond acceptors (Lipinski definition) is 4. The predicted octanol–water partition coefficient (Wildman–Crippen LogP) is 1.15. The Morgan fingerprint density at radius 1 is 1.23 bits per heavy atom. The molecule has 1 fully saturated rings. The molecule has 120 valence electrons. The van der Waals surface area contributed by atoms with Crippen LogP contribution in [0.25, 0.3) is 0 Å². The molecule has 1 saturated heterocycles. The number of ether oxygens (including phenoxy) is 1. The minimum absolute atomic E-state index is 0.0148. The molecule has 0 bridgehead atoms. The maximum absolute atomic E-state index is 11.8. The van der Waals surface area contributed by atoms with Gasteiger partial charge in [0.2, 0.25) is 11.8 Å². The van der Waals surface area contributed by atoms with E-state index in [0.717, 1.165) is 37.2 Å². The summed E-state index contributed by atoms with van der Waals surface area (Å²) in [6.07, 6.45) is 2.10. The van der Waals surface area contributed by atoms with Crippen LogP contribution in [-0.4, -0.2) is 50.0 Å². The third-order valence-corrected chi connectivity index (χ3v) is 3.69. The number of hydrogen-bond donors (Lipinski definition) is 2. The number of methoxy groups -OCH3 is 1. The van der Waals surface area contributed by atoms with Crippen molar-refractivity contribution in [3.63, 3.8) is 0 Å². The van der Waals surface area contributed by atoms with Crippen LogP contribution in [-0.2, 0) is 9.59 Å². The number of carbonyl (C=O) groups excluding carboxylic acids is 2. The molecule has 2 N–H and O–H groups in total. The van der Waals surface area contributed by atoms with Gasteiger partial charge in [-0.3, -0.25) is 9.59 Å². The van der Waals surface area contributed by atoms with Crippen LogP contribution in [0, 0.1) is 6.92 Å². The van der Waals surface area contributed by atoms with Crippen molar-refractivity contribution >= 4 is 17.5 Å². The lowest BCUT2D eigenvalue weighted by Crippen LogP contribution is -2.40. The number of likely N-dealkylation sites (tertiary alicyclic amines) is 1. The van der Waals surface area contributed by atoms with Crippen molar-refractivity contribution in [1.29, 1.82) is 0 Å². The molecule has 0 unspecified atom stereocenters. The zero-order valence-electron chi connectivity index (χ0n) is 13.1. The average Bonchev–Trinajstić information content (AvgIpc) is 3.05. The maximum Gasteiger partial charge on any atom is 0.241 e. The van der Waals surface area contributed by atoms with Crippen molar-refractivity contribution in [3.8, 4) is 5.75 Å². The summed E-state index contributed by atoms with van der Waals surface area (Å²) in [4.78, 5) is 25.5. The Morgan fingerprint density at radius 2 is 1.95 bits per heavy atom. The molecule has 0 atom stereocenters. The number of anilines is 1. The van der Waals surface area contributed by atoms with E-state index in [4.69, 9.17) is 4.74 Å². The number of amides is 2. The smallest absolute Gasteiger partial charge is 0.241 e. The fourth-order valence-electron chi connectivity index (χ4n) is 2.45. The van der Waals surface area contributed by atoms with Gasteiger partial charge in [-0.15, -0.1) is 0 Å². The van der Waals surface area contributed by atoms with Gasteiger partial charge in [0.1, 0.15) is 5.75 Å². The molecule has 2 amide bonds. The Hall–Kier alpha value is -2.24. The summed E-state index contributed by atoms with van der Waals surface area (Å²) >= 11 is 0. The SMILES string of the molecule is COc1ccc(C)cc1NCC(=O)NCC(=O)N1CCCC1. The minimum Gasteiger partial charge on any atom is -0.495 e. The molecule has 0 aromatic heterocycles. The van der Waals surface area contributed by atoms with E-state index >= 15 is 0 Å². The molecule has 2 rings (SSSR count). The van der Waals surface area contributed by atoms with Crippen LogP contribution in [0.15, 0.2) is 18.2 Å². The molecular formula is C16H23N3O3. The zero-order valence-corrected chi connectivity index (χ0v) is 13.1. The molecule has 6 nitrogen and oxygen atoms in total. The molecule has 1 heterocycles. The standard InChI is InChI=1S/C16H23N3O3/c1-12-5-6-14(22-2)13(9-12)17-10-15(20)18-11-16(21)19-7-3-4-8-19/h5-6,9,17H,3-4,7-8,10-11H2,1-2H3,(H,18,20). The number of nitrogens with one attached hydrogen (secondary N) is 2. The quantitative estimate of drug-likeness (QED) is 0.827. The molecule has 0 spiro atoms. The summed E-state index contributed by atoms with van der Waals surface area (Å²) in [7, 11) is 1.59. The second-order valence-electron chi connectivity index (χ2n) is 5.42. The average molecular weight is 305 g/mol. The molecule has 22 heavy (non-hydrogen) atoms. The van der Waals surface area contributed by atoms with Gasteiger partial charge in [0.15, 0.2) is 0 Å². The van der Waals surface area contributed by atoms with E-state index in [1.807, 2.05) is 25.1 Å². The van der Waals surface area contributed by atoms with Crippen molar-refractivity contribution in [3.05, 3.63) is 23.8 Å². The minimum atomic E-state index is -0.212. The molecule has 6 heteroatoms. The lowest BCUT2D eigenvalue weighted by molar-refractivity contribution is -0.131. The van der Waals surface area contributed by atoms with Crippen LogP contribution in [0.3, 0.4) is 0 Å². The second-order valence-corrected chi connectivity index (χ2v) is 5.42. The van der Waals surface area contributed by atoms with Crippen molar-refractivity contribution in [2.24, 2.45) is 0 Å². The van der Waals surface area contributed by atoms with Crippen molar-refractivity contribution in [2.75, 3.05) is 38.6 Å². The molecular weight excluding hydrogens is 282 g/mol. The van der Waals surface area contributed by atoms with Gasteiger partial charge in [-0.1, -0.05) is 6.07 Å². The summed E-state index contributed by atoms with van der Waals surface area (Å²) < 4.78 is 5.24. The first-order valence-electron chi connectivity index (χ1n) is 7.53. The summed E-state index contributed by atoms with van der Waals surface area (Å²) in [5, 5.41) is 5.68. The summed E-state index contributed by atoms with van der Waals surface area (Å²) in [6, 6.07) is 5.72. The number of carbonyl (C=O) groups is 2. The molecule has 1 aromatic rings. The third kappa shape index (κ3) is 4.38. The third-order valence-electron chi connectivity index (χ3n) is 3.69. The summed E-state index contributed by atoms with van der Waals surface area (Å²) in [5.41, 5.74) is 1.84. The van der Waals surface area contributed by atoms with Crippen molar-refractivity contribution < 1.29 is 14.3 Å². The number of aryl methyl sites for hydroxylation is 1. The van der Waals surface area contributed by atoms with E-state index in [9.17, 15) is 9.59 Å². The lowest BCUT2D eigenvalue weighted by Gasteiger charge is -2.16. The van der Waals surface area contributed by atoms with E-state index in [1.165, 1.54) is 0 Å². The Bertz CT molecular complexity index is 539. The van der Waals surface area contributed by atoms with Gasteiger partial charge in [-0.2, -0.15) is 0 Å². The van der Waals surface area contributed by atoms with Crippen LogP contribution < -0.4 is 15.4 Å². The molecule has 1 aliphatic heterocycles. The van der Waals surface area contributed by atoms with Crippen LogP contribution in [0.4, 0.5) is 5.69 Å². The monoisotopic (exact) mass is 305 g/mol. The van der Waals surface area contributed by atoms with Crippen LogP contribution >= 0.6 is 0 Å². The first kappa shape index (κ1) is 16.1. The molecule has 1 aromatic carbocycles. The van der Waals surface area contributed by atoms with Gasteiger partial charge >= 0.3 is 0 Å². The zero-order chi connectivity index (χ0) is 15.9. The summed E-state index contributed by atoms with van der Waals surface area (Å²) in [5.74, 6) is 0.460. The highest BCUT2D eigenvalue weighted by atomic mass is 16.5. The maximum atomic E-state index is 11.8. The number of benzene rings is 1. The van der Waals surface area contributed by atoms with E-state index in [2.05, 4.69) is 10.6 Å². The van der Waals surface area contributed by atoms with Crippen LogP contribution in [0.5, 0.6) is 5.75 Å². The highest BCUT2D eigenvalue weighted by molar-refractivity contribution is 5.87. The normalized spacial score (nSPS) is 13.8. The van der Waals surface area contributed by atoms with Gasteiger partial charge in [0.05, 0.1) is 25.9 Å². The first-order valence-corrected chi connectivity index (χ1v) is 7.53. The van der Waals surface area contributed by atoms with Gasteiger partial charge in [-0.25, -0.2) is 0 Å². The highest BCUT2D eigenvalue weighted by Gasteiger charge is 2.18. The van der Waals surface area contributed by atoms with Crippen LogP contribution in [0.2, 0.25) is 0 Å². The molecule has 1 aliphatic rings. The topological polar surface area (TPSA) is 70.7 Å². The second kappa shape index (κ2) is 7.68. The fraction of sp³-hybridized carbons (Fsp3) is 0.500. The molecule has 0 saturated carbocycles. The molecule has 0 aliphatic carbocycles. The van der Waals surface area contributed by atoms with Gasteiger partial charge in [0.25, 0.3) is 0 Å². The predicted molar refractivity (Wildman–Crippen MR) is 85.0 cm³/mol. The van der Waals surface area contributed by atoms with Gasteiger partial charge < -0.3 is 20.3 Å². The Balaban J connectivity index is 1.78. The summed E-state index contributed by atoms with van der Waals surface area (Å²) in [6.45, 7) is 3.73. The number of rotatable bonds is 6. The van der Waals surface area contributed by atoms with E-state index in [1.54, 1.807) is 12.0 Å². The Labute approximate surface area is 130 Å². The van der Waals surface area contributed by atoms with E-state index < -0.39 is 0 Å². The lowest BCUT2D eigenvalue weighted by atomic mass is 10.2. The molecule has 0 radical (unpaired) electrons. The Morgan fingerprint density at radius 3 is 2.64 bits per heavy atom. The first-order chi connectivity index (χ1) is 10.6. The van der Waals surface area contributed by atoms with Gasteiger partial charge in [-0.05, 0) is 37.5 Å². The van der Waals surface area contributed by atoms with Crippen molar-refractivity contribution in [2.45, 2.75) is 19.8 Å². The fourth-order valence-corrected chi connectivity index (χ4v) is 2.45. The Kier molecular flexibility index (Phi) is 5.63. The largest absolute Gasteiger partial charge is 0.495 e. The van der Waals surface area contributed by atoms with E-state index in [0.29, 0.717) is 5.75 Å². The van der Waals surface area contributed by atoms with Gasteiger partial charge in [0, 0.05) is 13.1 Å².